The van der Waals surface area contributed by atoms with Gasteiger partial charge in [0.1, 0.15) is 0 Å². The van der Waals surface area contributed by atoms with Crippen LogP contribution in [0.25, 0.3) is 0 Å². The topological polar surface area (TPSA) is 118 Å². The third-order valence-electron chi connectivity index (χ3n) is 2.90. The Morgan fingerprint density at radius 1 is 1.30 bits per heavy atom. The molecule has 1 aromatic carbocycles. The standard InChI is InChI=1S/C11H13N3O5S/c15-11(13-9-5-6-20(18,19)7-9)12-8-1-3-10(4-2-8)14(16)17/h1-4,9H,5-7H2,(H2,12,13,15). The fourth-order valence-corrected chi connectivity index (χ4v) is 3.60. The Balaban J connectivity index is 1.90. The monoisotopic (exact) mass is 299 g/mol. The van der Waals surface area contributed by atoms with E-state index < -0.39 is 26.8 Å². The highest BCUT2D eigenvalue weighted by molar-refractivity contribution is 7.91. The molecule has 2 amide bonds. The van der Waals surface area contributed by atoms with Gasteiger partial charge in [-0.3, -0.25) is 10.1 Å². The zero-order valence-electron chi connectivity index (χ0n) is 10.4. The second-order valence-electron chi connectivity index (χ2n) is 4.50. The number of carbonyl (C=O) groups is 1. The summed E-state index contributed by atoms with van der Waals surface area (Å²) in [6.07, 6.45) is 0.399. The van der Waals surface area contributed by atoms with Crippen LogP contribution in [0.1, 0.15) is 6.42 Å². The average molecular weight is 299 g/mol. The van der Waals surface area contributed by atoms with Crippen LogP contribution in [0.2, 0.25) is 0 Å². The quantitative estimate of drug-likeness (QED) is 0.635. The lowest BCUT2D eigenvalue weighted by Crippen LogP contribution is -2.38. The molecule has 1 unspecified atom stereocenters. The zero-order valence-corrected chi connectivity index (χ0v) is 11.2. The first-order valence-electron chi connectivity index (χ1n) is 5.88. The summed E-state index contributed by atoms with van der Waals surface area (Å²) in [6, 6.07) is 4.44. The summed E-state index contributed by atoms with van der Waals surface area (Å²) in [5.41, 5.74) is 0.326. The molecule has 9 heteroatoms. The highest BCUT2D eigenvalue weighted by atomic mass is 32.2. The number of anilines is 1. The zero-order chi connectivity index (χ0) is 14.8. The van der Waals surface area contributed by atoms with Gasteiger partial charge < -0.3 is 10.6 Å². The van der Waals surface area contributed by atoms with Gasteiger partial charge in [0.05, 0.1) is 16.4 Å². The summed E-state index contributed by atoms with van der Waals surface area (Å²) >= 11 is 0. The molecule has 1 saturated heterocycles. The molecule has 0 aromatic heterocycles. The highest BCUT2D eigenvalue weighted by Crippen LogP contribution is 2.16. The third-order valence-corrected chi connectivity index (χ3v) is 4.67. The summed E-state index contributed by atoms with van der Waals surface area (Å²) < 4.78 is 22.5. The van der Waals surface area contributed by atoms with Crippen molar-refractivity contribution in [2.24, 2.45) is 0 Å². The number of urea groups is 1. The number of carbonyl (C=O) groups excluding carboxylic acids is 1. The number of non-ortho nitro benzene ring substituents is 1. The molecule has 108 valence electrons. The van der Waals surface area contributed by atoms with E-state index in [2.05, 4.69) is 10.6 Å². The van der Waals surface area contributed by atoms with E-state index in [9.17, 15) is 23.3 Å². The van der Waals surface area contributed by atoms with Crippen molar-refractivity contribution in [1.29, 1.82) is 0 Å². The maximum absolute atomic E-state index is 11.6. The SMILES string of the molecule is O=C(Nc1ccc([N+](=O)[O-])cc1)NC1CCS(=O)(=O)C1. The summed E-state index contributed by atoms with van der Waals surface area (Å²) in [7, 11) is -3.05. The average Bonchev–Trinajstić information content (AvgIpc) is 2.69. The van der Waals surface area contributed by atoms with Gasteiger partial charge in [0.25, 0.3) is 5.69 Å². The van der Waals surface area contributed by atoms with Crippen molar-refractivity contribution in [3.63, 3.8) is 0 Å². The fourth-order valence-electron chi connectivity index (χ4n) is 1.93. The van der Waals surface area contributed by atoms with Gasteiger partial charge in [-0.05, 0) is 18.6 Å². The number of rotatable bonds is 3. The van der Waals surface area contributed by atoms with Gasteiger partial charge in [0.15, 0.2) is 9.84 Å². The number of nitrogens with zero attached hydrogens (tertiary/aromatic N) is 1. The molecule has 20 heavy (non-hydrogen) atoms. The van der Waals surface area contributed by atoms with E-state index in [1.165, 1.54) is 24.3 Å². The number of benzene rings is 1. The maximum Gasteiger partial charge on any atom is 0.319 e. The number of amides is 2. The molecule has 1 aliphatic heterocycles. The van der Waals surface area contributed by atoms with Crippen LogP contribution in [0.5, 0.6) is 0 Å². The molecule has 8 nitrogen and oxygen atoms in total. The Labute approximate surface area is 115 Å². The van der Waals surface area contributed by atoms with E-state index in [-0.39, 0.29) is 17.2 Å². The van der Waals surface area contributed by atoms with Gasteiger partial charge in [0.2, 0.25) is 0 Å². The number of nitrogens with one attached hydrogen (secondary N) is 2. The molecule has 1 aromatic rings. The number of sulfone groups is 1. The Bertz CT molecular complexity index is 626. The normalized spacial score (nSPS) is 20.3. The molecule has 2 rings (SSSR count). The van der Waals surface area contributed by atoms with Crippen molar-refractivity contribution in [3.05, 3.63) is 34.4 Å². The Kier molecular flexibility index (Phi) is 3.89. The molecule has 1 fully saturated rings. The van der Waals surface area contributed by atoms with Crippen molar-refractivity contribution >= 4 is 27.2 Å². The van der Waals surface area contributed by atoms with E-state index >= 15 is 0 Å². The molecular weight excluding hydrogens is 286 g/mol. The Morgan fingerprint density at radius 3 is 2.45 bits per heavy atom. The molecule has 0 aliphatic carbocycles. The minimum Gasteiger partial charge on any atom is -0.334 e. The van der Waals surface area contributed by atoms with E-state index in [1.54, 1.807) is 0 Å². The van der Waals surface area contributed by atoms with Crippen molar-refractivity contribution in [1.82, 2.24) is 5.32 Å². The summed E-state index contributed by atoms with van der Waals surface area (Å²) in [5, 5.41) is 15.5. The fraction of sp³-hybridized carbons (Fsp3) is 0.364. The van der Waals surface area contributed by atoms with Crippen LogP contribution in [0.3, 0.4) is 0 Å². The van der Waals surface area contributed by atoms with E-state index in [4.69, 9.17) is 0 Å². The van der Waals surface area contributed by atoms with E-state index in [0.29, 0.717) is 12.1 Å². The molecule has 0 saturated carbocycles. The molecule has 1 atom stereocenters. The van der Waals surface area contributed by atoms with Crippen molar-refractivity contribution in [3.8, 4) is 0 Å². The first kappa shape index (κ1) is 14.3. The largest absolute Gasteiger partial charge is 0.334 e. The predicted molar refractivity (Wildman–Crippen MR) is 72.3 cm³/mol. The van der Waals surface area contributed by atoms with Gasteiger partial charge in [-0.1, -0.05) is 0 Å². The predicted octanol–water partition coefficient (Wildman–Crippen LogP) is 0.903. The second-order valence-corrected chi connectivity index (χ2v) is 6.73. The number of hydrogen-bond donors (Lipinski definition) is 2. The second kappa shape index (κ2) is 5.45. The maximum atomic E-state index is 11.6. The first-order valence-corrected chi connectivity index (χ1v) is 7.70. The lowest BCUT2D eigenvalue weighted by atomic mass is 10.2. The molecular formula is C11H13N3O5S. The van der Waals surface area contributed by atoms with Crippen LogP contribution in [-0.2, 0) is 9.84 Å². The number of nitro groups is 1. The summed E-state index contributed by atoms with van der Waals surface area (Å²) in [5.74, 6) is 0.0240. The Hall–Kier alpha value is -2.16. The molecule has 1 heterocycles. The number of hydrogen-bond acceptors (Lipinski definition) is 5. The van der Waals surface area contributed by atoms with Gasteiger partial charge in [-0.15, -0.1) is 0 Å². The smallest absolute Gasteiger partial charge is 0.319 e. The minimum absolute atomic E-state index is 0.0549. The van der Waals surface area contributed by atoms with Gasteiger partial charge >= 0.3 is 6.03 Å². The minimum atomic E-state index is -3.05. The van der Waals surface area contributed by atoms with Crippen LogP contribution >= 0.6 is 0 Å². The first-order chi connectivity index (χ1) is 9.35. The molecule has 0 spiro atoms. The van der Waals surface area contributed by atoms with Crippen molar-refractivity contribution in [2.45, 2.75) is 12.5 Å². The van der Waals surface area contributed by atoms with Gasteiger partial charge in [-0.25, -0.2) is 13.2 Å². The lowest BCUT2D eigenvalue weighted by molar-refractivity contribution is -0.384. The van der Waals surface area contributed by atoms with Crippen LogP contribution in [0, 0.1) is 10.1 Å². The van der Waals surface area contributed by atoms with Crippen molar-refractivity contribution < 1.29 is 18.1 Å². The molecule has 1 aliphatic rings. The summed E-state index contributed by atoms with van der Waals surface area (Å²) in [6.45, 7) is 0. The van der Waals surface area contributed by atoms with Crippen molar-refractivity contribution in [2.75, 3.05) is 16.8 Å². The number of nitro benzene ring substituents is 1. The molecule has 2 N–H and O–H groups in total. The van der Waals surface area contributed by atoms with Gasteiger partial charge in [-0.2, -0.15) is 0 Å². The van der Waals surface area contributed by atoms with Crippen LogP contribution in [0.4, 0.5) is 16.2 Å². The molecule has 0 bridgehead atoms. The van der Waals surface area contributed by atoms with E-state index in [0.717, 1.165) is 0 Å². The third kappa shape index (κ3) is 3.67. The molecule has 0 radical (unpaired) electrons. The highest BCUT2D eigenvalue weighted by Gasteiger charge is 2.28. The van der Waals surface area contributed by atoms with Crippen LogP contribution < -0.4 is 10.6 Å². The lowest BCUT2D eigenvalue weighted by Gasteiger charge is -2.11. The van der Waals surface area contributed by atoms with Gasteiger partial charge in [0, 0.05) is 23.9 Å². The van der Waals surface area contributed by atoms with Crippen LogP contribution in [-0.4, -0.2) is 36.9 Å². The van der Waals surface area contributed by atoms with Crippen LogP contribution in [0.15, 0.2) is 24.3 Å². The van der Waals surface area contributed by atoms with E-state index in [1.807, 2.05) is 0 Å². The summed E-state index contributed by atoms with van der Waals surface area (Å²) in [4.78, 5) is 21.6. The Morgan fingerprint density at radius 2 is 1.95 bits per heavy atom.